The summed E-state index contributed by atoms with van der Waals surface area (Å²) in [5.41, 5.74) is -5.55. The van der Waals surface area contributed by atoms with Gasteiger partial charge in [-0.2, -0.15) is 21.6 Å². The first-order valence-corrected chi connectivity index (χ1v) is 7.37. The van der Waals surface area contributed by atoms with E-state index in [2.05, 4.69) is 4.18 Å². The van der Waals surface area contributed by atoms with E-state index in [0.717, 1.165) is 7.11 Å². The number of ether oxygens (including phenoxy) is 4. The molecule has 4 atom stereocenters. The third-order valence-corrected chi connectivity index (χ3v) is 4.03. The van der Waals surface area contributed by atoms with Crippen molar-refractivity contribution in [3.8, 4) is 0 Å². The summed E-state index contributed by atoms with van der Waals surface area (Å²) in [7, 11) is -4.66. The molecule has 0 N–H and O–H groups in total. The van der Waals surface area contributed by atoms with Crippen LogP contribution < -0.4 is 0 Å². The molecule has 0 unspecified atom stereocenters. The van der Waals surface area contributed by atoms with Gasteiger partial charge in [0.2, 0.25) is 0 Å². The number of methoxy groups -OCH3 is 1. The molecule has 2 rings (SSSR count). The number of halogens is 3. The second-order valence-corrected chi connectivity index (χ2v) is 6.60. The third-order valence-electron chi connectivity index (χ3n) is 2.99. The van der Waals surface area contributed by atoms with Gasteiger partial charge < -0.3 is 18.9 Å². The maximum Gasteiger partial charge on any atom is 0.523 e. The van der Waals surface area contributed by atoms with E-state index in [-0.39, 0.29) is 6.61 Å². The molecule has 2 fully saturated rings. The van der Waals surface area contributed by atoms with E-state index in [0.29, 0.717) is 0 Å². The lowest BCUT2D eigenvalue weighted by atomic mass is 10.1. The average Bonchev–Trinajstić information content (AvgIpc) is 2.62. The van der Waals surface area contributed by atoms with E-state index < -0.39 is 46.0 Å². The van der Waals surface area contributed by atoms with Gasteiger partial charge in [-0.1, -0.05) is 0 Å². The van der Waals surface area contributed by atoms with Crippen LogP contribution >= 0.6 is 0 Å². The predicted octanol–water partition coefficient (Wildman–Crippen LogP) is 0.744. The monoisotopic (exact) mass is 336 g/mol. The highest BCUT2D eigenvalue weighted by Gasteiger charge is 2.57. The molecule has 0 aromatic heterocycles. The number of hydrogen-bond donors (Lipinski definition) is 0. The molecule has 124 valence electrons. The Balaban J connectivity index is 2.25. The predicted molar refractivity (Wildman–Crippen MR) is 60.4 cm³/mol. The molecule has 21 heavy (non-hydrogen) atoms. The number of hydrogen-bond acceptors (Lipinski definition) is 7. The molecule has 2 aliphatic heterocycles. The zero-order chi connectivity index (χ0) is 16.1. The largest absolute Gasteiger partial charge is 0.523 e. The summed E-state index contributed by atoms with van der Waals surface area (Å²) in [4.78, 5) is 0. The van der Waals surface area contributed by atoms with Crippen molar-refractivity contribution in [2.75, 3.05) is 13.7 Å². The van der Waals surface area contributed by atoms with Crippen LogP contribution in [-0.2, 0) is 33.2 Å². The maximum atomic E-state index is 12.4. The molecule has 0 amide bonds. The van der Waals surface area contributed by atoms with Crippen molar-refractivity contribution < 1.29 is 44.7 Å². The summed E-state index contributed by atoms with van der Waals surface area (Å²) >= 11 is 0. The van der Waals surface area contributed by atoms with E-state index in [1.54, 1.807) is 13.8 Å². The van der Waals surface area contributed by atoms with Gasteiger partial charge in [-0.25, -0.2) is 0 Å². The van der Waals surface area contributed by atoms with Gasteiger partial charge in [-0.05, 0) is 13.8 Å². The van der Waals surface area contributed by atoms with Crippen LogP contribution in [0.1, 0.15) is 13.8 Å². The molecule has 0 aromatic rings. The highest BCUT2D eigenvalue weighted by Crippen LogP contribution is 2.38. The van der Waals surface area contributed by atoms with Crippen molar-refractivity contribution in [2.45, 2.75) is 49.7 Å². The second kappa shape index (κ2) is 5.32. The van der Waals surface area contributed by atoms with Gasteiger partial charge in [0.1, 0.15) is 12.2 Å². The van der Waals surface area contributed by atoms with Crippen LogP contribution in [0.4, 0.5) is 13.2 Å². The Morgan fingerprint density at radius 1 is 1.24 bits per heavy atom. The van der Waals surface area contributed by atoms with Crippen molar-refractivity contribution in [2.24, 2.45) is 0 Å². The smallest absolute Gasteiger partial charge is 0.353 e. The lowest BCUT2D eigenvalue weighted by Crippen LogP contribution is -2.55. The molecule has 0 radical (unpaired) electrons. The zero-order valence-corrected chi connectivity index (χ0v) is 12.2. The quantitative estimate of drug-likeness (QED) is 0.555. The Hall–Kier alpha value is -0.460. The molecule has 0 saturated carbocycles. The van der Waals surface area contributed by atoms with E-state index in [4.69, 9.17) is 18.9 Å². The maximum absolute atomic E-state index is 12.4. The van der Waals surface area contributed by atoms with E-state index >= 15 is 0 Å². The minimum atomic E-state index is -5.81. The molecule has 0 spiro atoms. The molecule has 0 aromatic carbocycles. The minimum absolute atomic E-state index is 0.0153. The molecule has 0 bridgehead atoms. The molecule has 0 aliphatic carbocycles. The zero-order valence-electron chi connectivity index (χ0n) is 11.4. The summed E-state index contributed by atoms with van der Waals surface area (Å²) in [5, 5.41) is 0. The third kappa shape index (κ3) is 3.32. The molecule has 7 nitrogen and oxygen atoms in total. The molecule has 2 saturated heterocycles. The van der Waals surface area contributed by atoms with E-state index in [1.165, 1.54) is 0 Å². The molecular formula is C10H15F3O7S. The van der Waals surface area contributed by atoms with Crippen molar-refractivity contribution in [1.29, 1.82) is 0 Å². The fourth-order valence-corrected chi connectivity index (χ4v) is 2.81. The normalized spacial score (nSPS) is 36.5. The second-order valence-electron chi connectivity index (χ2n) is 5.04. The summed E-state index contributed by atoms with van der Waals surface area (Å²) in [6.45, 7) is 3.07. The van der Waals surface area contributed by atoms with Gasteiger partial charge in [0, 0.05) is 7.11 Å². The number of rotatable bonds is 3. The highest BCUT2D eigenvalue weighted by molar-refractivity contribution is 7.87. The number of alkyl halides is 3. The van der Waals surface area contributed by atoms with Crippen LogP contribution in [0.25, 0.3) is 0 Å². The van der Waals surface area contributed by atoms with Gasteiger partial charge in [0.05, 0.1) is 6.61 Å². The van der Waals surface area contributed by atoms with Gasteiger partial charge >= 0.3 is 15.6 Å². The van der Waals surface area contributed by atoms with Crippen molar-refractivity contribution >= 4 is 10.1 Å². The van der Waals surface area contributed by atoms with Crippen LogP contribution in [0.2, 0.25) is 0 Å². The lowest BCUT2D eigenvalue weighted by Gasteiger charge is -2.35. The van der Waals surface area contributed by atoms with Gasteiger partial charge in [0.15, 0.2) is 18.2 Å². The fraction of sp³-hybridized carbons (Fsp3) is 1.00. The molecule has 11 heteroatoms. The Labute approximate surface area is 119 Å². The van der Waals surface area contributed by atoms with Crippen LogP contribution in [0, 0.1) is 0 Å². The van der Waals surface area contributed by atoms with Gasteiger partial charge in [0.25, 0.3) is 0 Å². The molecular weight excluding hydrogens is 321 g/mol. The molecule has 2 heterocycles. The first-order chi connectivity index (χ1) is 9.47. The van der Waals surface area contributed by atoms with Crippen molar-refractivity contribution in [1.82, 2.24) is 0 Å². The number of fused-ring (bicyclic) bond motifs is 1. The summed E-state index contributed by atoms with van der Waals surface area (Å²) < 4.78 is 84.7. The van der Waals surface area contributed by atoms with Crippen molar-refractivity contribution in [3.63, 3.8) is 0 Å². The van der Waals surface area contributed by atoms with E-state index in [1.807, 2.05) is 0 Å². The van der Waals surface area contributed by atoms with Crippen LogP contribution in [-0.4, -0.2) is 58.0 Å². The summed E-state index contributed by atoms with van der Waals surface area (Å²) in [5.74, 6) is -1.09. The van der Waals surface area contributed by atoms with Crippen LogP contribution in [0.5, 0.6) is 0 Å². The Morgan fingerprint density at radius 2 is 1.86 bits per heavy atom. The van der Waals surface area contributed by atoms with Gasteiger partial charge in [-0.15, -0.1) is 0 Å². The summed E-state index contributed by atoms with van der Waals surface area (Å²) in [6.07, 6.45) is -4.75. The average molecular weight is 336 g/mol. The first kappa shape index (κ1) is 16.9. The first-order valence-electron chi connectivity index (χ1n) is 5.96. The summed E-state index contributed by atoms with van der Waals surface area (Å²) in [6, 6.07) is 0. The Kier molecular flexibility index (Phi) is 4.28. The topological polar surface area (TPSA) is 80.3 Å². The highest BCUT2D eigenvalue weighted by atomic mass is 32.2. The molecule has 2 aliphatic rings. The van der Waals surface area contributed by atoms with E-state index in [9.17, 15) is 21.6 Å². The Bertz CT molecular complexity index is 489. The van der Waals surface area contributed by atoms with Crippen molar-refractivity contribution in [3.05, 3.63) is 0 Å². The Morgan fingerprint density at radius 3 is 2.38 bits per heavy atom. The standard InChI is InChI=1S/C10H15F3O7S/c1-9(2)18-5-4-17-8(16-3)7(6(5)19-9)20-21(14,15)10(11,12)13/h5-8H,4H2,1-3H3/t5-,6-,7+,8-/m1/s1. The van der Waals surface area contributed by atoms with Crippen LogP contribution in [0.3, 0.4) is 0 Å². The lowest BCUT2D eigenvalue weighted by molar-refractivity contribution is -0.235. The van der Waals surface area contributed by atoms with Crippen LogP contribution in [0.15, 0.2) is 0 Å². The minimum Gasteiger partial charge on any atom is -0.353 e. The SMILES string of the molecule is CO[C@@H]1OC[C@H]2OC(C)(C)O[C@H]2[C@@H]1OS(=O)(=O)C(F)(F)F. The van der Waals surface area contributed by atoms with Gasteiger partial charge in [-0.3, -0.25) is 4.18 Å². The fourth-order valence-electron chi connectivity index (χ4n) is 2.21.